The molecule has 0 radical (unpaired) electrons. The zero-order chi connectivity index (χ0) is 30.1. The summed E-state index contributed by atoms with van der Waals surface area (Å²) in [5.74, 6) is -1.77. The van der Waals surface area contributed by atoms with E-state index in [1.54, 1.807) is 12.1 Å². The zero-order valence-electron chi connectivity index (χ0n) is 24.7. The highest BCUT2D eigenvalue weighted by molar-refractivity contribution is 5.93. The molecule has 3 aromatic rings. The van der Waals surface area contributed by atoms with Crippen molar-refractivity contribution in [2.45, 2.75) is 65.2 Å². The van der Waals surface area contributed by atoms with Crippen LogP contribution in [0.25, 0.3) is 11.1 Å². The van der Waals surface area contributed by atoms with Gasteiger partial charge in [-0.2, -0.15) is 0 Å². The van der Waals surface area contributed by atoms with Crippen LogP contribution in [-0.2, 0) is 27.3 Å². The highest BCUT2D eigenvalue weighted by atomic mass is 35.5. The normalized spacial score (nSPS) is 13.8. The first-order valence-corrected chi connectivity index (χ1v) is 14.1. The first kappa shape index (κ1) is 34.3. The number of phenolic OH excluding ortho intramolecular Hbond substituents is 1. The SMILES string of the molecule is CC[C@H](C)[C@@H](C(N)=O)N(Cc1ccc(-c2ccccc2)cc1)C(=O)[C@H](Cc1ccc(O)cc1)NC(=O)[C@@H](N)C(C)C.Cl. The van der Waals surface area contributed by atoms with Crippen molar-refractivity contribution in [3.63, 3.8) is 0 Å². The molecule has 0 unspecified atom stereocenters. The summed E-state index contributed by atoms with van der Waals surface area (Å²) in [5, 5.41) is 12.6. The number of carbonyl (C=O) groups is 3. The van der Waals surface area contributed by atoms with Gasteiger partial charge in [-0.15, -0.1) is 12.4 Å². The van der Waals surface area contributed by atoms with E-state index >= 15 is 0 Å². The fraction of sp³-hybridized carbons (Fsp3) is 0.364. The Morgan fingerprint density at radius 3 is 1.93 bits per heavy atom. The van der Waals surface area contributed by atoms with Crippen LogP contribution in [-0.4, -0.2) is 45.9 Å². The van der Waals surface area contributed by atoms with Crippen molar-refractivity contribution in [2.75, 3.05) is 0 Å². The van der Waals surface area contributed by atoms with Crippen LogP contribution in [0.4, 0.5) is 0 Å². The van der Waals surface area contributed by atoms with Gasteiger partial charge in [-0.1, -0.05) is 101 Å². The molecular formula is C33H43ClN4O4. The molecule has 0 spiro atoms. The van der Waals surface area contributed by atoms with Crippen molar-refractivity contribution in [3.05, 3.63) is 90.0 Å². The second-order valence-electron chi connectivity index (χ2n) is 11.0. The highest BCUT2D eigenvalue weighted by Gasteiger charge is 2.37. The van der Waals surface area contributed by atoms with Crippen LogP contribution >= 0.6 is 12.4 Å². The summed E-state index contributed by atoms with van der Waals surface area (Å²) in [6.45, 7) is 7.62. The van der Waals surface area contributed by atoms with E-state index in [0.29, 0.717) is 6.42 Å². The number of aromatic hydroxyl groups is 1. The second kappa shape index (κ2) is 15.9. The maximum absolute atomic E-state index is 14.3. The van der Waals surface area contributed by atoms with Crippen LogP contribution in [0.5, 0.6) is 5.75 Å². The molecule has 6 N–H and O–H groups in total. The van der Waals surface area contributed by atoms with Crippen molar-refractivity contribution in [1.29, 1.82) is 0 Å². The number of phenols is 1. The average molecular weight is 595 g/mol. The largest absolute Gasteiger partial charge is 0.508 e. The van der Waals surface area contributed by atoms with Crippen LogP contribution in [0.3, 0.4) is 0 Å². The Kier molecular flexibility index (Phi) is 13.0. The van der Waals surface area contributed by atoms with E-state index in [1.165, 1.54) is 17.0 Å². The third kappa shape index (κ3) is 9.06. The smallest absolute Gasteiger partial charge is 0.246 e. The van der Waals surface area contributed by atoms with Gasteiger partial charge in [0.25, 0.3) is 0 Å². The fourth-order valence-corrected chi connectivity index (χ4v) is 4.75. The van der Waals surface area contributed by atoms with Gasteiger partial charge in [0.2, 0.25) is 17.7 Å². The number of hydrogen-bond donors (Lipinski definition) is 4. The van der Waals surface area contributed by atoms with E-state index in [9.17, 15) is 19.5 Å². The number of hydrogen-bond acceptors (Lipinski definition) is 5. The molecule has 8 nitrogen and oxygen atoms in total. The van der Waals surface area contributed by atoms with Crippen LogP contribution in [0.15, 0.2) is 78.9 Å². The van der Waals surface area contributed by atoms with Gasteiger partial charge in [-0.05, 0) is 46.2 Å². The third-order valence-electron chi connectivity index (χ3n) is 7.52. The highest BCUT2D eigenvalue weighted by Crippen LogP contribution is 2.24. The predicted molar refractivity (Wildman–Crippen MR) is 169 cm³/mol. The van der Waals surface area contributed by atoms with Crippen molar-refractivity contribution in [2.24, 2.45) is 23.3 Å². The Morgan fingerprint density at radius 1 is 0.857 bits per heavy atom. The molecule has 0 aliphatic carbocycles. The van der Waals surface area contributed by atoms with Crippen LogP contribution in [0, 0.1) is 11.8 Å². The lowest BCUT2D eigenvalue weighted by atomic mass is 9.94. The molecule has 226 valence electrons. The summed E-state index contributed by atoms with van der Waals surface area (Å²) in [6, 6.07) is 21.5. The summed E-state index contributed by atoms with van der Waals surface area (Å²) in [7, 11) is 0. The minimum absolute atomic E-state index is 0. The van der Waals surface area contributed by atoms with Gasteiger partial charge in [-0.3, -0.25) is 14.4 Å². The molecule has 3 aromatic carbocycles. The van der Waals surface area contributed by atoms with Crippen LogP contribution < -0.4 is 16.8 Å². The van der Waals surface area contributed by atoms with Crippen LogP contribution in [0.1, 0.15) is 45.2 Å². The van der Waals surface area contributed by atoms with Gasteiger partial charge >= 0.3 is 0 Å². The van der Waals surface area contributed by atoms with E-state index in [0.717, 1.165) is 22.3 Å². The Labute approximate surface area is 254 Å². The molecule has 3 amide bonds. The number of carbonyl (C=O) groups excluding carboxylic acids is 3. The Balaban J connectivity index is 0.00000616. The molecule has 4 atom stereocenters. The molecule has 0 saturated carbocycles. The maximum atomic E-state index is 14.3. The number of nitrogens with one attached hydrogen (secondary N) is 1. The topological polar surface area (TPSA) is 139 Å². The summed E-state index contributed by atoms with van der Waals surface area (Å²) in [4.78, 5) is 41.7. The maximum Gasteiger partial charge on any atom is 0.246 e. The first-order valence-electron chi connectivity index (χ1n) is 14.1. The van der Waals surface area contributed by atoms with E-state index in [2.05, 4.69) is 5.32 Å². The number of nitrogens with two attached hydrogens (primary N) is 2. The Hall–Kier alpha value is -3.88. The van der Waals surface area contributed by atoms with Crippen LogP contribution in [0.2, 0.25) is 0 Å². The zero-order valence-corrected chi connectivity index (χ0v) is 25.5. The van der Waals surface area contributed by atoms with E-state index < -0.39 is 35.8 Å². The number of amides is 3. The minimum atomic E-state index is -1.01. The lowest BCUT2D eigenvalue weighted by molar-refractivity contribution is -0.145. The monoisotopic (exact) mass is 594 g/mol. The lowest BCUT2D eigenvalue weighted by Crippen LogP contribution is -2.59. The lowest BCUT2D eigenvalue weighted by Gasteiger charge is -2.36. The quantitative estimate of drug-likeness (QED) is 0.232. The predicted octanol–water partition coefficient (Wildman–Crippen LogP) is 4.42. The van der Waals surface area contributed by atoms with Gasteiger partial charge < -0.3 is 26.8 Å². The number of benzene rings is 3. The summed E-state index contributed by atoms with van der Waals surface area (Å²) < 4.78 is 0. The van der Waals surface area contributed by atoms with Crippen molar-refractivity contribution < 1.29 is 19.5 Å². The number of halogens is 1. The number of primary amides is 1. The molecule has 0 aliphatic heterocycles. The summed E-state index contributed by atoms with van der Waals surface area (Å²) in [5.41, 5.74) is 15.7. The molecule has 9 heteroatoms. The van der Waals surface area contributed by atoms with E-state index in [4.69, 9.17) is 11.5 Å². The van der Waals surface area contributed by atoms with Crippen molar-refractivity contribution in [1.82, 2.24) is 10.2 Å². The molecule has 0 fully saturated rings. The van der Waals surface area contributed by atoms with E-state index in [1.807, 2.05) is 82.3 Å². The van der Waals surface area contributed by atoms with Gasteiger partial charge in [0.15, 0.2) is 0 Å². The second-order valence-corrected chi connectivity index (χ2v) is 11.0. The average Bonchev–Trinajstić information content (AvgIpc) is 2.97. The van der Waals surface area contributed by atoms with E-state index in [-0.39, 0.29) is 43.0 Å². The summed E-state index contributed by atoms with van der Waals surface area (Å²) >= 11 is 0. The Bertz CT molecular complexity index is 1300. The number of nitrogens with zero attached hydrogens (tertiary/aromatic N) is 1. The molecule has 0 heterocycles. The molecular weight excluding hydrogens is 552 g/mol. The molecule has 0 bridgehead atoms. The molecule has 0 aromatic heterocycles. The van der Waals surface area contributed by atoms with Gasteiger partial charge in [0.1, 0.15) is 17.8 Å². The van der Waals surface area contributed by atoms with Crippen molar-refractivity contribution in [3.8, 4) is 16.9 Å². The minimum Gasteiger partial charge on any atom is -0.508 e. The van der Waals surface area contributed by atoms with Gasteiger partial charge in [0.05, 0.1) is 6.04 Å². The Morgan fingerprint density at radius 2 is 1.40 bits per heavy atom. The molecule has 0 aliphatic rings. The molecule has 42 heavy (non-hydrogen) atoms. The first-order chi connectivity index (χ1) is 19.5. The fourth-order valence-electron chi connectivity index (χ4n) is 4.75. The molecule has 0 saturated heterocycles. The van der Waals surface area contributed by atoms with Crippen molar-refractivity contribution >= 4 is 30.1 Å². The van der Waals surface area contributed by atoms with Gasteiger partial charge in [0, 0.05) is 13.0 Å². The molecule has 3 rings (SSSR count). The summed E-state index contributed by atoms with van der Waals surface area (Å²) in [6.07, 6.45) is 0.767. The van der Waals surface area contributed by atoms with Gasteiger partial charge in [-0.25, -0.2) is 0 Å². The standard InChI is InChI=1S/C33H42N4O4.ClH/c1-5-22(4)30(31(35)39)37(20-24-11-15-26(16-12-24)25-9-7-6-8-10-25)33(41)28(36-32(40)29(34)21(2)3)19-23-13-17-27(38)18-14-23;/h6-18,21-22,28-30,38H,5,19-20,34H2,1-4H3,(H2,35,39)(H,36,40);1H/t22-,28-,29-,30-;/m0./s1. The third-order valence-corrected chi connectivity index (χ3v) is 7.52. The number of rotatable bonds is 13.